The second-order valence-corrected chi connectivity index (χ2v) is 4.62. The summed E-state index contributed by atoms with van der Waals surface area (Å²) in [7, 11) is 0. The van der Waals surface area contributed by atoms with Crippen molar-refractivity contribution in [3.63, 3.8) is 0 Å². The highest BCUT2D eigenvalue weighted by Crippen LogP contribution is 2.22. The zero-order chi connectivity index (χ0) is 12.8. The van der Waals surface area contributed by atoms with Crippen molar-refractivity contribution in [3.8, 4) is 0 Å². The molecule has 1 aromatic carbocycles. The second kappa shape index (κ2) is 6.40. The molecule has 2 N–H and O–H groups in total. The molecule has 1 aliphatic heterocycles. The van der Waals surface area contributed by atoms with Gasteiger partial charge in [0.15, 0.2) is 0 Å². The quantitative estimate of drug-likeness (QED) is 0.838. The molecular weight excluding hydrogens is 228 g/mol. The lowest BCUT2D eigenvalue weighted by Crippen LogP contribution is -2.17. The van der Waals surface area contributed by atoms with Crippen molar-refractivity contribution in [1.82, 2.24) is 0 Å². The zero-order valence-corrected chi connectivity index (χ0v) is 10.6. The van der Waals surface area contributed by atoms with Crippen LogP contribution in [0.15, 0.2) is 24.3 Å². The van der Waals surface area contributed by atoms with E-state index in [4.69, 9.17) is 5.11 Å². The molecule has 1 saturated heterocycles. The fraction of sp³-hybridized carbons (Fsp3) is 0.500. The van der Waals surface area contributed by atoms with E-state index in [0.29, 0.717) is 12.8 Å². The Morgan fingerprint density at radius 1 is 1.22 bits per heavy atom. The second-order valence-electron chi connectivity index (χ2n) is 4.62. The number of hydrogen-bond donors (Lipinski definition) is 2. The van der Waals surface area contributed by atoms with Crippen molar-refractivity contribution >= 4 is 17.3 Å². The topological polar surface area (TPSA) is 52.6 Å². The van der Waals surface area contributed by atoms with Crippen molar-refractivity contribution in [2.45, 2.75) is 25.7 Å². The van der Waals surface area contributed by atoms with Gasteiger partial charge in [-0.3, -0.25) is 4.79 Å². The van der Waals surface area contributed by atoms with E-state index in [1.807, 2.05) is 24.3 Å². The lowest BCUT2D eigenvalue weighted by atomic mass is 10.2. The highest BCUT2D eigenvalue weighted by Gasteiger charge is 2.11. The first kappa shape index (κ1) is 12.9. The summed E-state index contributed by atoms with van der Waals surface area (Å²) >= 11 is 0. The molecular formula is C14H20N2O2. The van der Waals surface area contributed by atoms with Gasteiger partial charge >= 0.3 is 0 Å². The molecule has 0 atom stereocenters. The van der Waals surface area contributed by atoms with Crippen LogP contribution in [0.1, 0.15) is 25.7 Å². The first-order valence-corrected chi connectivity index (χ1v) is 6.55. The summed E-state index contributed by atoms with van der Waals surface area (Å²) in [5, 5.41) is 11.5. The average molecular weight is 248 g/mol. The maximum absolute atomic E-state index is 11.5. The first-order valence-electron chi connectivity index (χ1n) is 6.55. The zero-order valence-electron chi connectivity index (χ0n) is 10.6. The van der Waals surface area contributed by atoms with Gasteiger partial charge in [0.2, 0.25) is 5.91 Å². The smallest absolute Gasteiger partial charge is 0.224 e. The fourth-order valence-electron chi connectivity index (χ4n) is 2.19. The minimum Gasteiger partial charge on any atom is -0.396 e. The molecule has 0 aromatic heterocycles. The molecule has 2 rings (SSSR count). The van der Waals surface area contributed by atoms with Crippen LogP contribution in [-0.4, -0.2) is 30.7 Å². The Morgan fingerprint density at radius 3 is 2.50 bits per heavy atom. The Bertz CT molecular complexity index is 383. The standard InChI is InChI=1S/C14H20N2O2/c17-11-3-4-14(18)15-12-5-7-13(8-6-12)16-9-1-2-10-16/h5-8,17H,1-4,9-11H2,(H,15,18). The summed E-state index contributed by atoms with van der Waals surface area (Å²) in [6, 6.07) is 7.97. The number of amides is 1. The minimum atomic E-state index is -0.0435. The maximum Gasteiger partial charge on any atom is 0.224 e. The Morgan fingerprint density at radius 2 is 1.89 bits per heavy atom. The Labute approximate surface area is 108 Å². The average Bonchev–Trinajstić information content (AvgIpc) is 2.91. The highest BCUT2D eigenvalue weighted by molar-refractivity contribution is 5.90. The van der Waals surface area contributed by atoms with Crippen LogP contribution >= 0.6 is 0 Å². The van der Waals surface area contributed by atoms with Gasteiger partial charge < -0.3 is 15.3 Å². The van der Waals surface area contributed by atoms with Crippen LogP contribution in [0.4, 0.5) is 11.4 Å². The third-order valence-corrected chi connectivity index (χ3v) is 3.18. The molecule has 0 unspecified atom stereocenters. The van der Waals surface area contributed by atoms with E-state index in [9.17, 15) is 4.79 Å². The molecule has 0 saturated carbocycles. The molecule has 0 bridgehead atoms. The number of nitrogens with one attached hydrogen (secondary N) is 1. The van der Waals surface area contributed by atoms with Crippen molar-refractivity contribution in [2.24, 2.45) is 0 Å². The van der Waals surface area contributed by atoms with Crippen LogP contribution in [0.5, 0.6) is 0 Å². The van der Waals surface area contributed by atoms with Gasteiger partial charge in [0, 0.05) is 37.5 Å². The molecule has 1 aliphatic rings. The molecule has 0 radical (unpaired) electrons. The summed E-state index contributed by atoms with van der Waals surface area (Å²) in [4.78, 5) is 13.8. The van der Waals surface area contributed by atoms with Crippen LogP contribution in [0.3, 0.4) is 0 Å². The summed E-state index contributed by atoms with van der Waals surface area (Å²) < 4.78 is 0. The predicted molar refractivity (Wildman–Crippen MR) is 72.8 cm³/mol. The minimum absolute atomic E-state index is 0.0435. The van der Waals surface area contributed by atoms with Gasteiger partial charge in [-0.1, -0.05) is 0 Å². The SMILES string of the molecule is O=C(CCCO)Nc1ccc(N2CCCC2)cc1. The van der Waals surface area contributed by atoms with E-state index >= 15 is 0 Å². The van der Waals surface area contributed by atoms with Crippen LogP contribution in [0.25, 0.3) is 0 Å². The van der Waals surface area contributed by atoms with Crippen LogP contribution in [-0.2, 0) is 4.79 Å². The molecule has 98 valence electrons. The van der Waals surface area contributed by atoms with Gasteiger partial charge in [0.25, 0.3) is 0 Å². The van der Waals surface area contributed by atoms with Crippen LogP contribution in [0, 0.1) is 0 Å². The van der Waals surface area contributed by atoms with Gasteiger partial charge in [0.05, 0.1) is 0 Å². The molecule has 0 aliphatic carbocycles. The Kier molecular flexibility index (Phi) is 4.59. The van der Waals surface area contributed by atoms with Gasteiger partial charge in [-0.15, -0.1) is 0 Å². The monoisotopic (exact) mass is 248 g/mol. The largest absolute Gasteiger partial charge is 0.396 e. The van der Waals surface area contributed by atoms with Gasteiger partial charge in [-0.25, -0.2) is 0 Å². The number of nitrogens with zero attached hydrogens (tertiary/aromatic N) is 1. The van der Waals surface area contributed by atoms with Crippen molar-refractivity contribution in [2.75, 3.05) is 29.9 Å². The molecule has 4 heteroatoms. The number of aliphatic hydroxyl groups is 1. The first-order chi connectivity index (χ1) is 8.79. The summed E-state index contributed by atoms with van der Waals surface area (Å²) in [5.41, 5.74) is 2.04. The molecule has 1 amide bonds. The van der Waals surface area contributed by atoms with Gasteiger partial charge in [-0.05, 0) is 43.5 Å². The van der Waals surface area contributed by atoms with E-state index in [2.05, 4.69) is 10.2 Å². The molecule has 0 spiro atoms. The van der Waals surface area contributed by atoms with E-state index in [-0.39, 0.29) is 12.5 Å². The van der Waals surface area contributed by atoms with Gasteiger partial charge in [0.1, 0.15) is 0 Å². The molecule has 1 aromatic rings. The van der Waals surface area contributed by atoms with E-state index in [0.717, 1.165) is 18.8 Å². The lowest BCUT2D eigenvalue weighted by Gasteiger charge is -2.17. The van der Waals surface area contributed by atoms with Crippen molar-refractivity contribution < 1.29 is 9.90 Å². The highest BCUT2D eigenvalue weighted by atomic mass is 16.3. The molecule has 1 fully saturated rings. The number of aliphatic hydroxyl groups excluding tert-OH is 1. The number of carbonyl (C=O) groups is 1. The molecule has 1 heterocycles. The molecule has 4 nitrogen and oxygen atoms in total. The Balaban J connectivity index is 1.88. The van der Waals surface area contributed by atoms with E-state index in [1.165, 1.54) is 18.5 Å². The third kappa shape index (κ3) is 3.47. The predicted octanol–water partition coefficient (Wildman–Crippen LogP) is 2.00. The summed E-state index contributed by atoms with van der Waals surface area (Å²) in [6.07, 6.45) is 3.40. The third-order valence-electron chi connectivity index (χ3n) is 3.18. The number of rotatable bonds is 5. The van der Waals surface area contributed by atoms with Crippen molar-refractivity contribution in [3.05, 3.63) is 24.3 Å². The van der Waals surface area contributed by atoms with E-state index < -0.39 is 0 Å². The number of benzene rings is 1. The van der Waals surface area contributed by atoms with Crippen LogP contribution < -0.4 is 10.2 Å². The van der Waals surface area contributed by atoms with Crippen LogP contribution in [0.2, 0.25) is 0 Å². The molecule has 18 heavy (non-hydrogen) atoms. The number of hydrogen-bond acceptors (Lipinski definition) is 3. The summed E-state index contributed by atoms with van der Waals surface area (Å²) in [5.74, 6) is -0.0435. The van der Waals surface area contributed by atoms with Crippen molar-refractivity contribution in [1.29, 1.82) is 0 Å². The maximum atomic E-state index is 11.5. The Hall–Kier alpha value is -1.55. The summed E-state index contributed by atoms with van der Waals surface area (Å²) in [6.45, 7) is 2.31. The van der Waals surface area contributed by atoms with Gasteiger partial charge in [-0.2, -0.15) is 0 Å². The fourth-order valence-corrected chi connectivity index (χ4v) is 2.19. The van der Waals surface area contributed by atoms with E-state index in [1.54, 1.807) is 0 Å². The lowest BCUT2D eigenvalue weighted by molar-refractivity contribution is -0.116. The number of carbonyl (C=O) groups excluding carboxylic acids is 1. The number of anilines is 2. The normalized spacial score (nSPS) is 14.8.